The fourth-order valence-electron chi connectivity index (χ4n) is 5.70. The molecule has 6 nitrogen and oxygen atoms in total. The number of aliphatic hydroxyl groups is 2. The Labute approximate surface area is 198 Å². The molecule has 0 radical (unpaired) electrons. The van der Waals surface area contributed by atoms with Crippen LogP contribution in [-0.2, 0) is 0 Å². The van der Waals surface area contributed by atoms with Crippen molar-refractivity contribution in [3.8, 4) is 0 Å². The lowest BCUT2D eigenvalue weighted by molar-refractivity contribution is 0.0116. The van der Waals surface area contributed by atoms with Gasteiger partial charge in [-0.1, -0.05) is 50.7 Å². The van der Waals surface area contributed by atoms with E-state index in [1.807, 2.05) is 0 Å². The summed E-state index contributed by atoms with van der Waals surface area (Å²) in [7, 11) is 0. The van der Waals surface area contributed by atoms with Crippen molar-refractivity contribution in [3.05, 3.63) is 69.8 Å². The number of ketones is 4. The highest BCUT2D eigenvalue weighted by molar-refractivity contribution is 6.29. The highest BCUT2D eigenvalue weighted by atomic mass is 16.3. The van der Waals surface area contributed by atoms with Crippen LogP contribution >= 0.6 is 0 Å². The Morgan fingerprint density at radius 3 is 1.29 bits per heavy atom. The van der Waals surface area contributed by atoms with Gasteiger partial charge in [0, 0.05) is 33.4 Å². The van der Waals surface area contributed by atoms with Crippen molar-refractivity contribution < 1.29 is 29.4 Å². The Bertz CT molecular complexity index is 1120. The molecule has 0 saturated heterocycles. The summed E-state index contributed by atoms with van der Waals surface area (Å²) >= 11 is 0. The zero-order chi connectivity index (χ0) is 24.1. The van der Waals surface area contributed by atoms with Crippen LogP contribution in [-0.4, -0.2) is 44.5 Å². The first kappa shape index (κ1) is 22.8. The molecule has 0 amide bonds. The van der Waals surface area contributed by atoms with Crippen LogP contribution in [0.2, 0.25) is 0 Å². The van der Waals surface area contributed by atoms with Crippen molar-refractivity contribution in [2.24, 2.45) is 0 Å². The van der Waals surface area contributed by atoms with Gasteiger partial charge >= 0.3 is 0 Å². The zero-order valence-electron chi connectivity index (χ0n) is 19.1. The second-order valence-corrected chi connectivity index (χ2v) is 10.0. The van der Waals surface area contributed by atoms with Gasteiger partial charge < -0.3 is 10.2 Å². The number of carbonyl (C=O) groups excluding carboxylic acids is 4. The Morgan fingerprint density at radius 1 is 0.559 bits per heavy atom. The number of carbonyl (C=O) groups is 4. The van der Waals surface area contributed by atoms with Gasteiger partial charge in [-0.15, -0.1) is 0 Å². The van der Waals surface area contributed by atoms with E-state index in [1.54, 1.807) is 0 Å². The largest absolute Gasteiger partial charge is 0.382 e. The predicted octanol–water partition coefficient (Wildman–Crippen LogP) is 4.22. The molecule has 0 aromatic heterocycles. The molecule has 3 aliphatic carbocycles. The maximum atomic E-state index is 13.4. The highest BCUT2D eigenvalue weighted by Gasteiger charge is 2.40. The molecule has 2 fully saturated rings. The lowest BCUT2D eigenvalue weighted by Crippen LogP contribution is -2.41. The number of benzene rings is 2. The maximum Gasteiger partial charge on any atom is 0.194 e. The summed E-state index contributed by atoms with van der Waals surface area (Å²) in [5.41, 5.74) is -1.87. The van der Waals surface area contributed by atoms with Crippen LogP contribution in [0, 0.1) is 0 Å². The van der Waals surface area contributed by atoms with E-state index in [1.165, 1.54) is 36.4 Å². The van der Waals surface area contributed by atoms with E-state index in [2.05, 4.69) is 0 Å². The number of rotatable bonds is 4. The van der Waals surface area contributed by atoms with Gasteiger partial charge in [0.2, 0.25) is 0 Å². The standard InChI is InChI=1S/C28H28O6/c29-23-19-9-7-17(25(31)27(33)11-3-1-4-12-27)15-21(19)24(30)22-16-18(8-10-20(22)23)26(32)28(34)13-5-2-6-14-28/h7-10,15-16,33-34H,1-6,11-14H2. The average molecular weight is 461 g/mol. The molecule has 0 atom stereocenters. The number of hydrogen-bond donors (Lipinski definition) is 2. The van der Waals surface area contributed by atoms with Crippen molar-refractivity contribution in [3.63, 3.8) is 0 Å². The molecule has 0 heterocycles. The molecular formula is C28H28O6. The molecule has 2 saturated carbocycles. The van der Waals surface area contributed by atoms with Crippen LogP contribution in [0.5, 0.6) is 0 Å². The van der Waals surface area contributed by atoms with Crippen molar-refractivity contribution >= 4 is 23.1 Å². The van der Waals surface area contributed by atoms with Crippen LogP contribution in [0.15, 0.2) is 36.4 Å². The van der Waals surface area contributed by atoms with Crippen LogP contribution in [0.25, 0.3) is 0 Å². The summed E-state index contributed by atoms with van der Waals surface area (Å²) in [5, 5.41) is 21.7. The monoisotopic (exact) mass is 460 g/mol. The van der Waals surface area contributed by atoms with E-state index in [4.69, 9.17) is 0 Å². The molecule has 0 bridgehead atoms. The number of fused-ring (bicyclic) bond motifs is 2. The molecule has 2 aromatic rings. The lowest BCUT2D eigenvalue weighted by Gasteiger charge is -2.31. The summed E-state index contributed by atoms with van der Waals surface area (Å²) in [6, 6.07) is 8.75. The van der Waals surface area contributed by atoms with Crippen molar-refractivity contribution in [1.29, 1.82) is 0 Å². The van der Waals surface area contributed by atoms with Crippen LogP contribution in [0.4, 0.5) is 0 Å². The van der Waals surface area contributed by atoms with Crippen molar-refractivity contribution in [2.45, 2.75) is 75.4 Å². The van der Waals surface area contributed by atoms with E-state index in [-0.39, 0.29) is 39.2 Å². The summed E-state index contributed by atoms with van der Waals surface area (Å²) in [4.78, 5) is 52.7. The van der Waals surface area contributed by atoms with Gasteiger partial charge in [-0.25, -0.2) is 0 Å². The molecule has 176 valence electrons. The third-order valence-corrected chi connectivity index (χ3v) is 7.75. The van der Waals surface area contributed by atoms with Gasteiger partial charge in [0.25, 0.3) is 0 Å². The second-order valence-electron chi connectivity index (χ2n) is 10.0. The first-order valence-electron chi connectivity index (χ1n) is 12.2. The maximum absolute atomic E-state index is 13.4. The fourth-order valence-corrected chi connectivity index (χ4v) is 5.70. The first-order chi connectivity index (χ1) is 16.2. The third-order valence-electron chi connectivity index (χ3n) is 7.75. The Hall–Kier alpha value is -2.96. The molecule has 0 aliphatic heterocycles. The smallest absolute Gasteiger partial charge is 0.194 e. The first-order valence-corrected chi connectivity index (χ1v) is 12.2. The summed E-state index contributed by atoms with van der Waals surface area (Å²) < 4.78 is 0. The van der Waals surface area contributed by atoms with Crippen LogP contribution in [0.1, 0.15) is 117 Å². The minimum Gasteiger partial charge on any atom is -0.382 e. The highest BCUT2D eigenvalue weighted by Crippen LogP contribution is 2.35. The van der Waals surface area contributed by atoms with E-state index in [0.29, 0.717) is 25.7 Å². The van der Waals surface area contributed by atoms with E-state index >= 15 is 0 Å². The van der Waals surface area contributed by atoms with Gasteiger partial charge in [-0.2, -0.15) is 0 Å². The molecule has 2 aromatic carbocycles. The number of Topliss-reactive ketones (excluding diaryl/α,β-unsaturated/α-hetero) is 2. The number of hydrogen-bond acceptors (Lipinski definition) is 6. The predicted molar refractivity (Wildman–Crippen MR) is 124 cm³/mol. The summed E-state index contributed by atoms with van der Waals surface area (Å²) in [5.74, 6) is -1.65. The van der Waals surface area contributed by atoms with Gasteiger partial charge in [-0.3, -0.25) is 19.2 Å². The van der Waals surface area contributed by atoms with Crippen molar-refractivity contribution in [2.75, 3.05) is 0 Å². The van der Waals surface area contributed by atoms with E-state index in [0.717, 1.165) is 38.5 Å². The fraction of sp³-hybridized carbons (Fsp3) is 0.429. The SMILES string of the molecule is O=C1c2ccc(C(=O)C3(O)CCCCC3)cc2C(=O)c2cc(C(=O)C3(O)CCCCC3)ccc21. The van der Waals surface area contributed by atoms with E-state index in [9.17, 15) is 29.4 Å². The minimum atomic E-state index is -1.44. The summed E-state index contributed by atoms with van der Waals surface area (Å²) in [6.45, 7) is 0. The molecule has 2 N–H and O–H groups in total. The average Bonchev–Trinajstić information content (AvgIpc) is 2.86. The van der Waals surface area contributed by atoms with Gasteiger partial charge in [0.1, 0.15) is 11.2 Å². The molecule has 0 unspecified atom stereocenters. The molecule has 3 aliphatic rings. The van der Waals surface area contributed by atoms with Gasteiger partial charge in [0.05, 0.1) is 0 Å². The Morgan fingerprint density at radius 2 is 0.912 bits per heavy atom. The molecule has 0 spiro atoms. The normalized spacial score (nSPS) is 20.9. The summed E-state index contributed by atoms with van der Waals surface area (Å²) in [6.07, 6.45) is 6.53. The van der Waals surface area contributed by atoms with Gasteiger partial charge in [-0.05, 0) is 49.9 Å². The van der Waals surface area contributed by atoms with Crippen LogP contribution < -0.4 is 0 Å². The van der Waals surface area contributed by atoms with Crippen molar-refractivity contribution in [1.82, 2.24) is 0 Å². The van der Waals surface area contributed by atoms with Gasteiger partial charge in [0.15, 0.2) is 23.1 Å². The lowest BCUT2D eigenvalue weighted by atomic mass is 9.76. The Kier molecular flexibility index (Phi) is 5.61. The molecule has 34 heavy (non-hydrogen) atoms. The third kappa shape index (κ3) is 3.65. The van der Waals surface area contributed by atoms with Crippen LogP contribution in [0.3, 0.4) is 0 Å². The quantitative estimate of drug-likeness (QED) is 0.565. The zero-order valence-corrected chi connectivity index (χ0v) is 19.1. The topological polar surface area (TPSA) is 109 Å². The second kappa shape index (κ2) is 8.36. The molecule has 5 rings (SSSR count). The molecular weight excluding hydrogens is 432 g/mol. The Balaban J connectivity index is 1.50. The minimum absolute atomic E-state index is 0.101. The molecule has 6 heteroatoms. The van der Waals surface area contributed by atoms with E-state index < -0.39 is 28.6 Å².